The molecule has 0 spiro atoms. The second-order valence-corrected chi connectivity index (χ2v) is 1.80. The third-order valence-corrected chi connectivity index (χ3v) is 0.963. The summed E-state index contributed by atoms with van der Waals surface area (Å²) in [5, 5.41) is 10.4. The van der Waals surface area contributed by atoms with Crippen LogP contribution in [0.2, 0.25) is 0 Å². The van der Waals surface area contributed by atoms with Gasteiger partial charge in [-0.15, -0.1) is 0 Å². The van der Waals surface area contributed by atoms with Crippen LogP contribution in [-0.2, 0) is 0 Å². The van der Waals surface area contributed by atoms with Crippen LogP contribution in [0.3, 0.4) is 0 Å². The Morgan fingerprint density at radius 3 is 2.82 bits per heavy atom. The summed E-state index contributed by atoms with van der Waals surface area (Å²) in [6.45, 7) is 0. The highest BCUT2D eigenvalue weighted by atomic mass is 19.1. The summed E-state index contributed by atoms with van der Waals surface area (Å²) in [5.41, 5.74) is 4.34. The van der Waals surface area contributed by atoms with Gasteiger partial charge in [-0.05, 0) is 0 Å². The molecule has 0 aliphatic carbocycles. The van der Waals surface area contributed by atoms with Crippen molar-refractivity contribution in [3.8, 4) is 0 Å². The molecule has 0 saturated carbocycles. The summed E-state index contributed by atoms with van der Waals surface area (Å²) in [6, 6.07) is 0. The summed E-state index contributed by atoms with van der Waals surface area (Å²) >= 11 is 0. The van der Waals surface area contributed by atoms with Crippen molar-refractivity contribution in [1.82, 2.24) is 4.98 Å². The normalized spacial score (nSPS) is 9.55. The number of amides is 1. The standard InChI is InChI=1S/C5H4FN3O2/c6-4-2-9(11)1-3(8-4)5(7)10/h1-2H,(H2,7,10). The van der Waals surface area contributed by atoms with Crippen molar-refractivity contribution >= 4 is 5.91 Å². The van der Waals surface area contributed by atoms with Crippen molar-refractivity contribution in [3.05, 3.63) is 29.2 Å². The first kappa shape index (κ1) is 7.39. The van der Waals surface area contributed by atoms with Gasteiger partial charge in [-0.25, -0.2) is 4.98 Å². The molecule has 0 fully saturated rings. The molecular formula is C5H4FN3O2. The van der Waals surface area contributed by atoms with E-state index < -0.39 is 11.9 Å². The summed E-state index contributed by atoms with van der Waals surface area (Å²) < 4.78 is 12.4. The van der Waals surface area contributed by atoms with Crippen molar-refractivity contribution < 1.29 is 13.9 Å². The lowest BCUT2D eigenvalue weighted by atomic mass is 10.4. The van der Waals surface area contributed by atoms with E-state index in [0.717, 1.165) is 6.20 Å². The van der Waals surface area contributed by atoms with E-state index in [9.17, 15) is 14.4 Å². The first-order valence-corrected chi connectivity index (χ1v) is 2.66. The lowest BCUT2D eigenvalue weighted by Crippen LogP contribution is -2.30. The average Bonchev–Trinajstić information content (AvgIpc) is 1.85. The number of aromatic nitrogens is 2. The highest BCUT2D eigenvalue weighted by Gasteiger charge is 2.08. The number of halogens is 1. The Kier molecular flexibility index (Phi) is 1.67. The summed E-state index contributed by atoms with van der Waals surface area (Å²) in [7, 11) is 0. The lowest BCUT2D eigenvalue weighted by molar-refractivity contribution is -0.608. The maximum absolute atomic E-state index is 12.2. The molecule has 2 N–H and O–H groups in total. The minimum absolute atomic E-state index is 0.127. The molecule has 0 atom stereocenters. The minimum atomic E-state index is -1.03. The van der Waals surface area contributed by atoms with Gasteiger partial charge in [-0.2, -0.15) is 9.12 Å². The number of nitrogens with two attached hydrogens (primary N) is 1. The van der Waals surface area contributed by atoms with Gasteiger partial charge in [0.2, 0.25) is 12.4 Å². The fraction of sp³-hybridized carbons (Fsp3) is 0. The van der Waals surface area contributed by atoms with Gasteiger partial charge in [0.1, 0.15) is 0 Å². The van der Waals surface area contributed by atoms with E-state index in [-0.39, 0.29) is 10.4 Å². The Hall–Kier alpha value is -1.72. The third kappa shape index (κ3) is 1.60. The second-order valence-electron chi connectivity index (χ2n) is 1.80. The van der Waals surface area contributed by atoms with Crippen LogP contribution in [0.25, 0.3) is 0 Å². The Morgan fingerprint density at radius 2 is 2.36 bits per heavy atom. The molecule has 0 aliphatic heterocycles. The summed E-state index contributed by atoms with van der Waals surface area (Å²) in [4.78, 5) is 13.4. The van der Waals surface area contributed by atoms with Crippen molar-refractivity contribution in [2.45, 2.75) is 0 Å². The quantitative estimate of drug-likeness (QED) is 0.417. The molecule has 0 unspecified atom stereocenters. The molecule has 0 aliphatic rings. The zero-order valence-electron chi connectivity index (χ0n) is 5.32. The van der Waals surface area contributed by atoms with Gasteiger partial charge in [-0.3, -0.25) is 4.79 Å². The molecular weight excluding hydrogens is 153 g/mol. The lowest BCUT2D eigenvalue weighted by Gasteiger charge is -1.95. The molecule has 0 saturated heterocycles. The number of rotatable bonds is 1. The SMILES string of the molecule is NC(=O)c1c[n+]([O-])cc(F)n1. The van der Waals surface area contributed by atoms with Crippen molar-refractivity contribution in [1.29, 1.82) is 0 Å². The fourth-order valence-corrected chi connectivity index (χ4v) is 0.554. The van der Waals surface area contributed by atoms with E-state index in [1.54, 1.807) is 0 Å². The van der Waals surface area contributed by atoms with E-state index in [0.29, 0.717) is 6.20 Å². The highest BCUT2D eigenvalue weighted by Crippen LogP contribution is 1.90. The fourth-order valence-electron chi connectivity index (χ4n) is 0.554. The molecule has 1 heterocycles. The van der Waals surface area contributed by atoms with Crippen molar-refractivity contribution in [2.24, 2.45) is 5.73 Å². The number of carbonyl (C=O) groups is 1. The number of carbonyl (C=O) groups excluding carboxylic acids is 1. The zero-order chi connectivity index (χ0) is 8.43. The molecule has 5 nitrogen and oxygen atoms in total. The third-order valence-electron chi connectivity index (χ3n) is 0.963. The first-order valence-electron chi connectivity index (χ1n) is 2.66. The van der Waals surface area contributed by atoms with Crippen LogP contribution >= 0.6 is 0 Å². The predicted octanol–water partition coefficient (Wildman–Crippen LogP) is -1.05. The summed E-state index contributed by atoms with van der Waals surface area (Å²) in [6.07, 6.45) is 1.39. The molecule has 6 heteroatoms. The Bertz CT molecular complexity index is 282. The van der Waals surface area contributed by atoms with Crippen molar-refractivity contribution in [3.63, 3.8) is 0 Å². The van der Waals surface area contributed by atoms with Crippen LogP contribution < -0.4 is 10.5 Å². The van der Waals surface area contributed by atoms with Crippen LogP contribution in [-0.4, -0.2) is 10.9 Å². The molecule has 0 bridgehead atoms. The van der Waals surface area contributed by atoms with Crippen LogP contribution in [0.1, 0.15) is 10.5 Å². The van der Waals surface area contributed by atoms with Gasteiger partial charge in [-0.1, -0.05) is 0 Å². The van der Waals surface area contributed by atoms with E-state index in [4.69, 9.17) is 5.73 Å². The van der Waals surface area contributed by atoms with Crippen LogP contribution in [0.5, 0.6) is 0 Å². The second kappa shape index (κ2) is 2.49. The maximum atomic E-state index is 12.2. The monoisotopic (exact) mass is 157 g/mol. The number of hydrogen-bond acceptors (Lipinski definition) is 3. The van der Waals surface area contributed by atoms with E-state index in [1.807, 2.05) is 0 Å². The van der Waals surface area contributed by atoms with Crippen molar-refractivity contribution in [2.75, 3.05) is 0 Å². The van der Waals surface area contributed by atoms with Gasteiger partial charge in [0.25, 0.3) is 11.9 Å². The first-order chi connectivity index (χ1) is 5.09. The Labute approximate surface area is 60.9 Å². The molecule has 0 aromatic carbocycles. The smallest absolute Gasteiger partial charge is 0.279 e. The molecule has 58 valence electrons. The molecule has 1 aromatic heterocycles. The Balaban J connectivity index is 3.19. The van der Waals surface area contributed by atoms with Crippen LogP contribution in [0.4, 0.5) is 4.39 Å². The van der Waals surface area contributed by atoms with Gasteiger partial charge in [0.05, 0.1) is 0 Å². The van der Waals surface area contributed by atoms with E-state index >= 15 is 0 Å². The molecule has 1 rings (SSSR count). The van der Waals surface area contributed by atoms with Gasteiger partial charge in [0, 0.05) is 0 Å². The number of nitrogens with zero attached hydrogens (tertiary/aromatic N) is 2. The topological polar surface area (TPSA) is 82.9 Å². The molecule has 1 aromatic rings. The van der Waals surface area contributed by atoms with E-state index in [1.165, 1.54) is 0 Å². The molecule has 0 radical (unpaired) electrons. The number of hydrogen-bond donors (Lipinski definition) is 1. The van der Waals surface area contributed by atoms with Gasteiger partial charge < -0.3 is 10.9 Å². The average molecular weight is 157 g/mol. The van der Waals surface area contributed by atoms with Crippen LogP contribution in [0, 0.1) is 11.2 Å². The van der Waals surface area contributed by atoms with Gasteiger partial charge in [0.15, 0.2) is 5.69 Å². The van der Waals surface area contributed by atoms with Gasteiger partial charge >= 0.3 is 0 Å². The highest BCUT2D eigenvalue weighted by molar-refractivity contribution is 5.90. The predicted molar refractivity (Wildman–Crippen MR) is 31.7 cm³/mol. The minimum Gasteiger partial charge on any atom is -0.619 e. The van der Waals surface area contributed by atoms with E-state index in [2.05, 4.69) is 4.98 Å². The molecule has 1 amide bonds. The summed E-state index contributed by atoms with van der Waals surface area (Å²) in [5.74, 6) is -1.97. The zero-order valence-corrected chi connectivity index (χ0v) is 5.32. The Morgan fingerprint density at radius 1 is 1.73 bits per heavy atom. The maximum Gasteiger partial charge on any atom is 0.279 e. The molecule has 11 heavy (non-hydrogen) atoms. The largest absolute Gasteiger partial charge is 0.619 e. The number of primary amides is 1. The van der Waals surface area contributed by atoms with Crippen LogP contribution in [0.15, 0.2) is 12.4 Å².